The molecule has 2 aromatic carbocycles. The van der Waals surface area contributed by atoms with Gasteiger partial charge in [0.1, 0.15) is 30.8 Å². The minimum Gasteiger partial charge on any atom is -0.443 e. The third-order valence-corrected chi connectivity index (χ3v) is 6.43. The van der Waals surface area contributed by atoms with E-state index in [0.717, 1.165) is 4.90 Å². The Labute approximate surface area is 230 Å². The molecule has 0 spiro atoms. The van der Waals surface area contributed by atoms with Gasteiger partial charge in [0.05, 0.1) is 37.2 Å². The summed E-state index contributed by atoms with van der Waals surface area (Å²) in [6.45, 7) is 1.20. The quantitative estimate of drug-likeness (QED) is 0.443. The van der Waals surface area contributed by atoms with E-state index >= 15 is 0 Å². The van der Waals surface area contributed by atoms with Crippen LogP contribution >= 0.6 is 0 Å². The third kappa shape index (κ3) is 6.89. The molecule has 1 unspecified atom stereocenters. The van der Waals surface area contributed by atoms with Crippen molar-refractivity contribution in [3.63, 3.8) is 0 Å². The van der Waals surface area contributed by atoms with Crippen LogP contribution in [0.4, 0.5) is 16.2 Å². The number of amides is 4. The summed E-state index contributed by atoms with van der Waals surface area (Å²) < 4.78 is 10.9. The van der Waals surface area contributed by atoms with Gasteiger partial charge >= 0.3 is 6.09 Å². The first-order chi connectivity index (χ1) is 19.3. The first kappa shape index (κ1) is 28.4. The fraction of sp³-hybridized carbons (Fsp3) is 0.357. The molecule has 1 saturated heterocycles. The van der Waals surface area contributed by atoms with Crippen molar-refractivity contribution in [3.05, 3.63) is 60.2 Å². The van der Waals surface area contributed by atoms with Gasteiger partial charge in [-0.1, -0.05) is 30.3 Å². The van der Waals surface area contributed by atoms with Crippen LogP contribution in [0.3, 0.4) is 0 Å². The summed E-state index contributed by atoms with van der Waals surface area (Å²) >= 11 is 0. The summed E-state index contributed by atoms with van der Waals surface area (Å²) in [7, 11) is 0. The van der Waals surface area contributed by atoms with Crippen LogP contribution < -0.4 is 20.4 Å². The van der Waals surface area contributed by atoms with Gasteiger partial charge in [-0.05, 0) is 31.2 Å². The average molecular weight is 551 g/mol. The summed E-state index contributed by atoms with van der Waals surface area (Å²) in [6.07, 6.45) is -0.410. The molecule has 2 heterocycles. The summed E-state index contributed by atoms with van der Waals surface area (Å²) in [5, 5.41) is 5.14. The number of benzene rings is 2. The van der Waals surface area contributed by atoms with Crippen LogP contribution in [0.1, 0.15) is 30.1 Å². The zero-order valence-corrected chi connectivity index (χ0v) is 21.9. The second kappa shape index (κ2) is 13.0. The van der Waals surface area contributed by atoms with Crippen molar-refractivity contribution in [2.45, 2.75) is 38.0 Å². The maximum Gasteiger partial charge on any atom is 0.414 e. The summed E-state index contributed by atoms with van der Waals surface area (Å²) in [6, 6.07) is 12.4. The molecule has 12 nitrogen and oxygen atoms in total. The number of hydrogen-bond acceptors (Lipinski definition) is 8. The topological polar surface area (TPSA) is 151 Å². The van der Waals surface area contributed by atoms with E-state index in [9.17, 15) is 28.8 Å². The largest absolute Gasteiger partial charge is 0.443 e. The number of ether oxygens (including phenoxy) is 2. The monoisotopic (exact) mass is 550 g/mol. The Morgan fingerprint density at radius 2 is 1.77 bits per heavy atom. The number of anilines is 2. The molecule has 3 atom stereocenters. The van der Waals surface area contributed by atoms with Crippen LogP contribution in [0.25, 0.3) is 0 Å². The van der Waals surface area contributed by atoms with Crippen LogP contribution in [0.5, 0.6) is 0 Å². The first-order valence-electron chi connectivity index (χ1n) is 12.8. The van der Waals surface area contributed by atoms with Crippen LogP contribution in [0, 0.1) is 0 Å². The molecule has 0 radical (unpaired) electrons. The molecule has 2 aromatic rings. The predicted molar refractivity (Wildman–Crippen MR) is 143 cm³/mol. The van der Waals surface area contributed by atoms with Gasteiger partial charge in [-0.15, -0.1) is 0 Å². The van der Waals surface area contributed by atoms with Crippen LogP contribution in [0.2, 0.25) is 0 Å². The van der Waals surface area contributed by atoms with Crippen LogP contribution in [-0.4, -0.2) is 80.4 Å². The highest BCUT2D eigenvalue weighted by molar-refractivity contribution is 6.10. The number of nitrogens with one attached hydrogen (secondary N) is 2. The number of hydrogen-bond donors (Lipinski definition) is 2. The molecule has 40 heavy (non-hydrogen) atoms. The van der Waals surface area contributed by atoms with Gasteiger partial charge in [0.2, 0.25) is 5.91 Å². The Morgan fingerprint density at radius 1 is 1.07 bits per heavy atom. The summed E-state index contributed by atoms with van der Waals surface area (Å²) in [5.41, 5.74) is 0.823. The lowest BCUT2D eigenvalue weighted by Crippen LogP contribution is -2.55. The molecule has 210 valence electrons. The Morgan fingerprint density at radius 3 is 2.42 bits per heavy atom. The number of carbonyl (C=O) groups is 6. The molecule has 0 aliphatic carbocycles. The minimum absolute atomic E-state index is 0.194. The fourth-order valence-corrected chi connectivity index (χ4v) is 4.51. The van der Waals surface area contributed by atoms with Crippen molar-refractivity contribution >= 4 is 47.3 Å². The summed E-state index contributed by atoms with van der Waals surface area (Å²) in [5.74, 6) is -2.19. The number of rotatable bonds is 9. The predicted octanol–water partition coefficient (Wildman–Crippen LogP) is 1.23. The SMILES string of the molecule is CC(=O)C[C@@H](C=O)NC(=O)CN1C(=O)[C@@H](NC(=O)c2ccccc2)CN(C(=O)OC2CCOC2)c2ccccc21. The molecule has 4 rings (SSSR count). The van der Waals surface area contributed by atoms with E-state index in [4.69, 9.17) is 9.47 Å². The van der Waals surface area contributed by atoms with Crippen molar-refractivity contribution in [1.29, 1.82) is 0 Å². The normalized spacial score (nSPS) is 19.2. The fourth-order valence-electron chi connectivity index (χ4n) is 4.51. The molecule has 12 heteroatoms. The lowest BCUT2D eigenvalue weighted by atomic mass is 10.1. The summed E-state index contributed by atoms with van der Waals surface area (Å²) in [4.78, 5) is 78.4. The van der Waals surface area contributed by atoms with Gasteiger partial charge in [0, 0.05) is 18.4 Å². The molecule has 1 fully saturated rings. The highest BCUT2D eigenvalue weighted by Gasteiger charge is 2.39. The number of Topliss-reactive ketones (excluding diaryl/α,β-unsaturated/α-hetero) is 1. The van der Waals surface area contributed by atoms with Crippen LogP contribution in [0.15, 0.2) is 54.6 Å². The number of nitrogens with zero attached hydrogens (tertiary/aromatic N) is 2. The van der Waals surface area contributed by atoms with E-state index < -0.39 is 48.5 Å². The lowest BCUT2D eigenvalue weighted by molar-refractivity contribution is -0.126. The van der Waals surface area contributed by atoms with E-state index in [1.165, 1.54) is 11.8 Å². The number of ketones is 1. The molecule has 2 aliphatic heterocycles. The van der Waals surface area contributed by atoms with Crippen molar-refractivity contribution < 1.29 is 38.2 Å². The third-order valence-electron chi connectivity index (χ3n) is 6.43. The highest BCUT2D eigenvalue weighted by Crippen LogP contribution is 2.33. The Balaban J connectivity index is 1.66. The van der Waals surface area contributed by atoms with E-state index in [0.29, 0.717) is 30.6 Å². The molecule has 2 N–H and O–H groups in total. The molecular weight excluding hydrogens is 520 g/mol. The van der Waals surface area contributed by atoms with E-state index in [1.807, 2.05) is 0 Å². The van der Waals surface area contributed by atoms with Crippen molar-refractivity contribution in [2.75, 3.05) is 36.1 Å². The Bertz CT molecular complexity index is 1280. The zero-order valence-electron chi connectivity index (χ0n) is 21.9. The molecule has 0 aromatic heterocycles. The average Bonchev–Trinajstić information content (AvgIpc) is 3.42. The van der Waals surface area contributed by atoms with Gasteiger partial charge in [-0.3, -0.25) is 29.0 Å². The van der Waals surface area contributed by atoms with Gasteiger partial charge in [0.15, 0.2) is 0 Å². The zero-order chi connectivity index (χ0) is 28.6. The van der Waals surface area contributed by atoms with Crippen molar-refractivity contribution in [3.8, 4) is 0 Å². The van der Waals surface area contributed by atoms with Gasteiger partial charge in [-0.25, -0.2) is 4.79 Å². The Kier molecular flexibility index (Phi) is 9.23. The number of fused-ring (bicyclic) bond motifs is 1. The molecular formula is C28H30N4O8. The second-order valence-electron chi connectivity index (χ2n) is 9.50. The van der Waals surface area contributed by atoms with Crippen molar-refractivity contribution in [2.24, 2.45) is 0 Å². The van der Waals surface area contributed by atoms with Crippen molar-refractivity contribution in [1.82, 2.24) is 10.6 Å². The molecule has 2 aliphatic rings. The number of carbonyl (C=O) groups excluding carboxylic acids is 6. The van der Waals surface area contributed by atoms with Gasteiger partial charge in [-0.2, -0.15) is 0 Å². The maximum absolute atomic E-state index is 13.9. The lowest BCUT2D eigenvalue weighted by Gasteiger charge is -2.25. The number of aldehydes is 1. The smallest absolute Gasteiger partial charge is 0.414 e. The van der Waals surface area contributed by atoms with E-state index in [1.54, 1.807) is 54.6 Å². The van der Waals surface area contributed by atoms with Gasteiger partial charge in [0.25, 0.3) is 11.8 Å². The van der Waals surface area contributed by atoms with Gasteiger partial charge < -0.3 is 24.9 Å². The molecule has 0 saturated carbocycles. The minimum atomic E-state index is -1.25. The first-order valence-corrected chi connectivity index (χ1v) is 12.8. The van der Waals surface area contributed by atoms with Crippen LogP contribution in [-0.2, 0) is 28.7 Å². The molecule has 4 amide bonds. The van der Waals surface area contributed by atoms with E-state index in [-0.39, 0.29) is 31.0 Å². The Hall–Kier alpha value is -4.58. The second-order valence-corrected chi connectivity index (χ2v) is 9.50. The number of para-hydroxylation sites is 2. The maximum atomic E-state index is 13.9. The molecule has 0 bridgehead atoms. The van der Waals surface area contributed by atoms with E-state index in [2.05, 4.69) is 10.6 Å². The standard InChI is InChI=1S/C28H30N4O8/c1-18(34)13-20(16-33)29-25(35)15-31-23-9-5-6-10-24(23)32(28(38)40-21-11-12-39-17-21)14-22(27(31)37)30-26(36)19-7-3-2-4-8-19/h2-10,16,20-22H,11-15,17H2,1H3,(H,29,35)(H,30,36)/t20-,21?,22-/m0/s1. The highest BCUT2D eigenvalue weighted by atomic mass is 16.6.